The van der Waals surface area contributed by atoms with Gasteiger partial charge in [0.1, 0.15) is 5.82 Å². The van der Waals surface area contributed by atoms with Crippen molar-refractivity contribution in [3.63, 3.8) is 0 Å². The van der Waals surface area contributed by atoms with Gasteiger partial charge in [-0.15, -0.1) is 0 Å². The largest absolute Gasteiger partial charge is 0.478 e. The Morgan fingerprint density at radius 3 is 2.79 bits per heavy atom. The van der Waals surface area contributed by atoms with Crippen LogP contribution in [0.25, 0.3) is 11.0 Å². The van der Waals surface area contributed by atoms with Crippen molar-refractivity contribution < 1.29 is 15.0 Å². The molecule has 0 unspecified atom stereocenters. The first-order valence-electron chi connectivity index (χ1n) is 6.44. The van der Waals surface area contributed by atoms with Crippen LogP contribution in [0.3, 0.4) is 0 Å². The highest BCUT2D eigenvalue weighted by Gasteiger charge is 2.10. The SMILES string of the molecule is Cc1nc2cc(C(=O)O)ccc2n1CCCCCO. The lowest BCUT2D eigenvalue weighted by Gasteiger charge is -2.06. The smallest absolute Gasteiger partial charge is 0.335 e. The van der Waals surface area contributed by atoms with Gasteiger partial charge in [0, 0.05) is 13.2 Å². The minimum atomic E-state index is -0.933. The summed E-state index contributed by atoms with van der Waals surface area (Å²) in [5, 5.41) is 17.7. The maximum Gasteiger partial charge on any atom is 0.335 e. The maximum atomic E-state index is 10.9. The Kier molecular flexibility index (Phi) is 4.16. The zero-order valence-corrected chi connectivity index (χ0v) is 11.0. The monoisotopic (exact) mass is 262 g/mol. The fraction of sp³-hybridized carbons (Fsp3) is 0.429. The van der Waals surface area contributed by atoms with Gasteiger partial charge in [-0.05, 0) is 44.4 Å². The number of benzene rings is 1. The van der Waals surface area contributed by atoms with Crippen LogP contribution >= 0.6 is 0 Å². The predicted molar refractivity (Wildman–Crippen MR) is 72.4 cm³/mol. The third-order valence-electron chi connectivity index (χ3n) is 3.23. The van der Waals surface area contributed by atoms with E-state index in [0.29, 0.717) is 0 Å². The Hall–Kier alpha value is -1.88. The highest BCUT2D eigenvalue weighted by molar-refractivity contribution is 5.92. The Morgan fingerprint density at radius 2 is 2.11 bits per heavy atom. The third-order valence-corrected chi connectivity index (χ3v) is 3.23. The van der Waals surface area contributed by atoms with Crippen LogP contribution in [-0.2, 0) is 6.54 Å². The molecule has 1 aromatic carbocycles. The summed E-state index contributed by atoms with van der Waals surface area (Å²) in [6.07, 6.45) is 2.77. The number of carboxylic acids is 1. The van der Waals surface area contributed by atoms with E-state index >= 15 is 0 Å². The average molecular weight is 262 g/mol. The van der Waals surface area contributed by atoms with E-state index in [4.69, 9.17) is 10.2 Å². The zero-order valence-electron chi connectivity index (χ0n) is 11.0. The molecule has 0 radical (unpaired) electrons. The summed E-state index contributed by atoms with van der Waals surface area (Å²) in [7, 11) is 0. The quantitative estimate of drug-likeness (QED) is 0.783. The zero-order chi connectivity index (χ0) is 13.8. The van der Waals surface area contributed by atoms with Gasteiger partial charge in [0.05, 0.1) is 16.6 Å². The topological polar surface area (TPSA) is 75.3 Å². The number of aromatic carboxylic acids is 1. The molecule has 19 heavy (non-hydrogen) atoms. The van der Waals surface area contributed by atoms with Crippen molar-refractivity contribution in [1.82, 2.24) is 9.55 Å². The summed E-state index contributed by atoms with van der Waals surface area (Å²) < 4.78 is 2.10. The molecule has 2 rings (SSSR count). The van der Waals surface area contributed by atoms with Gasteiger partial charge in [-0.3, -0.25) is 0 Å². The summed E-state index contributed by atoms with van der Waals surface area (Å²) >= 11 is 0. The second-order valence-corrected chi connectivity index (χ2v) is 4.60. The molecule has 0 saturated heterocycles. The van der Waals surface area contributed by atoms with Gasteiger partial charge in [-0.1, -0.05) is 0 Å². The van der Waals surface area contributed by atoms with Crippen LogP contribution in [0.1, 0.15) is 35.4 Å². The molecule has 102 valence electrons. The molecule has 0 bridgehead atoms. The molecular formula is C14H18N2O3. The molecule has 5 nitrogen and oxygen atoms in total. The van der Waals surface area contributed by atoms with Crippen LogP contribution in [-0.4, -0.2) is 32.3 Å². The lowest BCUT2D eigenvalue weighted by Crippen LogP contribution is -2.01. The Morgan fingerprint density at radius 1 is 1.32 bits per heavy atom. The summed E-state index contributed by atoms with van der Waals surface area (Å²) in [5.74, 6) is -0.0430. The number of fused-ring (bicyclic) bond motifs is 1. The number of carboxylic acid groups (broad SMARTS) is 1. The van der Waals surface area contributed by atoms with Crippen LogP contribution in [0.4, 0.5) is 0 Å². The second kappa shape index (κ2) is 5.84. The van der Waals surface area contributed by atoms with Crippen molar-refractivity contribution in [3.8, 4) is 0 Å². The average Bonchev–Trinajstić information content (AvgIpc) is 2.69. The van der Waals surface area contributed by atoms with Crippen molar-refractivity contribution in [1.29, 1.82) is 0 Å². The maximum absolute atomic E-state index is 10.9. The molecule has 0 amide bonds. The molecule has 0 saturated carbocycles. The van der Waals surface area contributed by atoms with Gasteiger partial charge < -0.3 is 14.8 Å². The van der Waals surface area contributed by atoms with Crippen molar-refractivity contribution in [2.75, 3.05) is 6.61 Å². The number of aromatic nitrogens is 2. The number of carbonyl (C=O) groups is 1. The Labute approximate surface area is 111 Å². The van der Waals surface area contributed by atoms with Crippen LogP contribution in [0.2, 0.25) is 0 Å². The number of aliphatic hydroxyl groups excluding tert-OH is 1. The molecular weight excluding hydrogens is 244 g/mol. The van der Waals surface area contributed by atoms with E-state index in [0.717, 1.165) is 42.7 Å². The van der Waals surface area contributed by atoms with Gasteiger partial charge in [0.15, 0.2) is 0 Å². The summed E-state index contributed by atoms with van der Waals surface area (Å²) in [6, 6.07) is 5.02. The minimum absolute atomic E-state index is 0.228. The van der Waals surface area contributed by atoms with E-state index in [2.05, 4.69) is 9.55 Å². The number of unbranched alkanes of at least 4 members (excludes halogenated alkanes) is 2. The Bertz CT molecular complexity index is 590. The molecule has 2 aromatic rings. The summed E-state index contributed by atoms with van der Waals surface area (Å²) in [6.45, 7) is 2.99. The van der Waals surface area contributed by atoms with E-state index in [-0.39, 0.29) is 12.2 Å². The molecule has 5 heteroatoms. The number of aryl methyl sites for hydroxylation is 2. The van der Waals surface area contributed by atoms with E-state index < -0.39 is 5.97 Å². The highest BCUT2D eigenvalue weighted by Crippen LogP contribution is 2.18. The number of rotatable bonds is 6. The third kappa shape index (κ3) is 2.93. The number of imidazole rings is 1. The molecule has 0 fully saturated rings. The van der Waals surface area contributed by atoms with E-state index in [1.54, 1.807) is 12.1 Å². The molecule has 0 atom stereocenters. The molecule has 0 aliphatic rings. The fourth-order valence-corrected chi connectivity index (χ4v) is 2.22. The number of nitrogens with zero attached hydrogens (tertiary/aromatic N) is 2. The molecule has 1 aromatic heterocycles. The van der Waals surface area contributed by atoms with Gasteiger partial charge >= 0.3 is 5.97 Å². The fourth-order valence-electron chi connectivity index (χ4n) is 2.22. The number of aliphatic hydroxyl groups is 1. The van der Waals surface area contributed by atoms with Gasteiger partial charge in [0.25, 0.3) is 0 Å². The lowest BCUT2D eigenvalue weighted by molar-refractivity contribution is 0.0697. The Balaban J connectivity index is 2.24. The predicted octanol–water partition coefficient (Wildman–Crippen LogP) is 2.21. The van der Waals surface area contributed by atoms with Gasteiger partial charge in [-0.25, -0.2) is 9.78 Å². The van der Waals surface area contributed by atoms with Crippen molar-refractivity contribution in [2.45, 2.75) is 32.7 Å². The first-order valence-corrected chi connectivity index (χ1v) is 6.44. The molecule has 0 aliphatic heterocycles. The van der Waals surface area contributed by atoms with Crippen molar-refractivity contribution in [2.24, 2.45) is 0 Å². The standard InChI is InChI=1S/C14H18N2O3/c1-10-15-12-9-11(14(18)19)5-6-13(12)16(10)7-3-2-4-8-17/h5-6,9,17H,2-4,7-8H2,1H3,(H,18,19). The molecule has 1 heterocycles. The molecule has 0 spiro atoms. The van der Waals surface area contributed by atoms with Crippen LogP contribution in [0.15, 0.2) is 18.2 Å². The van der Waals surface area contributed by atoms with Crippen molar-refractivity contribution >= 4 is 17.0 Å². The van der Waals surface area contributed by atoms with E-state index in [1.807, 2.05) is 13.0 Å². The highest BCUT2D eigenvalue weighted by atomic mass is 16.4. The lowest BCUT2D eigenvalue weighted by atomic mass is 10.2. The molecule has 2 N–H and O–H groups in total. The van der Waals surface area contributed by atoms with Crippen LogP contribution in [0.5, 0.6) is 0 Å². The second-order valence-electron chi connectivity index (χ2n) is 4.60. The first kappa shape index (κ1) is 13.5. The van der Waals surface area contributed by atoms with E-state index in [1.165, 1.54) is 0 Å². The summed E-state index contributed by atoms with van der Waals surface area (Å²) in [5.41, 5.74) is 1.95. The minimum Gasteiger partial charge on any atom is -0.478 e. The van der Waals surface area contributed by atoms with Gasteiger partial charge in [0.2, 0.25) is 0 Å². The summed E-state index contributed by atoms with van der Waals surface area (Å²) in [4.78, 5) is 15.3. The van der Waals surface area contributed by atoms with Crippen LogP contribution < -0.4 is 0 Å². The van der Waals surface area contributed by atoms with Crippen molar-refractivity contribution in [3.05, 3.63) is 29.6 Å². The normalized spacial score (nSPS) is 11.1. The van der Waals surface area contributed by atoms with Crippen LogP contribution in [0, 0.1) is 6.92 Å². The first-order chi connectivity index (χ1) is 9.13. The molecule has 0 aliphatic carbocycles. The van der Waals surface area contributed by atoms with Gasteiger partial charge in [-0.2, -0.15) is 0 Å². The number of hydrogen-bond donors (Lipinski definition) is 2. The van der Waals surface area contributed by atoms with E-state index in [9.17, 15) is 4.79 Å². The number of hydrogen-bond acceptors (Lipinski definition) is 3.